The molecule has 1 amide bonds. The number of carbonyl (C=O) groups excluding carboxylic acids is 1. The lowest BCUT2D eigenvalue weighted by Gasteiger charge is -2.46. The van der Waals surface area contributed by atoms with Crippen LogP contribution in [0.1, 0.15) is 0 Å². The van der Waals surface area contributed by atoms with Crippen LogP contribution in [0.2, 0.25) is 0 Å². The van der Waals surface area contributed by atoms with Crippen LogP contribution in [0.3, 0.4) is 0 Å². The van der Waals surface area contributed by atoms with Crippen LogP contribution in [-0.2, 0) is 23.8 Å². The zero-order chi connectivity index (χ0) is 21.0. The Balaban J connectivity index is 2.09. The van der Waals surface area contributed by atoms with Crippen LogP contribution in [0.25, 0.3) is 0 Å². The highest BCUT2D eigenvalue weighted by Crippen LogP contribution is 2.28. The van der Waals surface area contributed by atoms with Crippen molar-refractivity contribution < 1.29 is 59.6 Å². The molecule has 14 nitrogen and oxygen atoms in total. The molecule has 2 aliphatic heterocycles. The third kappa shape index (κ3) is 4.93. The van der Waals surface area contributed by atoms with Crippen LogP contribution >= 0.6 is 0 Å². The van der Waals surface area contributed by atoms with E-state index in [0.717, 1.165) is 0 Å². The maximum absolute atomic E-state index is 11.5. The number of nitrogens with two attached hydrogens (primary N) is 1. The average molecular weight is 414 g/mol. The lowest BCUT2D eigenvalue weighted by atomic mass is 9.96. The first kappa shape index (κ1) is 23.3. The first-order chi connectivity index (χ1) is 13.2. The SMILES string of the molecule is NOCC(=O)N[C@@H]1OC(CO)[C@@H](O[C@@H]2OC(CO)[C@H](O)C(O)[C@@H]2O)C(O)C1O. The van der Waals surface area contributed by atoms with E-state index in [0.29, 0.717) is 0 Å². The van der Waals surface area contributed by atoms with Gasteiger partial charge in [-0.2, -0.15) is 0 Å². The molecular weight excluding hydrogens is 388 g/mol. The minimum absolute atomic E-state index is 0.544. The second-order valence-electron chi connectivity index (χ2n) is 6.44. The van der Waals surface area contributed by atoms with Crippen molar-refractivity contribution in [2.45, 2.75) is 61.3 Å². The molecule has 2 fully saturated rings. The molecule has 0 spiro atoms. The fraction of sp³-hybridized carbons (Fsp3) is 0.929. The zero-order valence-electron chi connectivity index (χ0n) is 14.6. The van der Waals surface area contributed by atoms with Gasteiger partial charge in [-0.25, -0.2) is 5.90 Å². The van der Waals surface area contributed by atoms with Crippen molar-refractivity contribution in [3.8, 4) is 0 Å². The van der Waals surface area contributed by atoms with Crippen LogP contribution in [0.15, 0.2) is 0 Å². The number of aliphatic hydroxyl groups is 7. The van der Waals surface area contributed by atoms with E-state index in [2.05, 4.69) is 10.2 Å². The molecule has 2 heterocycles. The predicted molar refractivity (Wildman–Crippen MR) is 84.7 cm³/mol. The Labute approximate surface area is 158 Å². The lowest BCUT2D eigenvalue weighted by Crippen LogP contribution is -2.66. The van der Waals surface area contributed by atoms with E-state index >= 15 is 0 Å². The summed E-state index contributed by atoms with van der Waals surface area (Å²) in [6.45, 7) is -1.96. The van der Waals surface area contributed by atoms with E-state index < -0.39 is 87.1 Å². The average Bonchev–Trinajstić information content (AvgIpc) is 2.67. The van der Waals surface area contributed by atoms with Crippen LogP contribution in [0, 0.1) is 0 Å². The summed E-state index contributed by atoms with van der Waals surface area (Å²) in [6.07, 6.45) is -15.6. The van der Waals surface area contributed by atoms with Gasteiger partial charge in [0.2, 0.25) is 5.91 Å². The molecule has 14 heteroatoms. The van der Waals surface area contributed by atoms with Crippen molar-refractivity contribution in [1.82, 2.24) is 5.32 Å². The van der Waals surface area contributed by atoms with E-state index in [4.69, 9.17) is 20.1 Å². The number of amides is 1. The van der Waals surface area contributed by atoms with Gasteiger partial charge in [-0.1, -0.05) is 0 Å². The number of aliphatic hydroxyl groups excluding tert-OH is 7. The van der Waals surface area contributed by atoms with Gasteiger partial charge in [-0.3, -0.25) is 9.63 Å². The van der Waals surface area contributed by atoms with Crippen molar-refractivity contribution in [1.29, 1.82) is 0 Å². The summed E-state index contributed by atoms with van der Waals surface area (Å²) >= 11 is 0. The zero-order valence-corrected chi connectivity index (χ0v) is 14.6. The van der Waals surface area contributed by atoms with Gasteiger partial charge in [0.15, 0.2) is 12.5 Å². The molecule has 0 bridgehead atoms. The number of hydrogen-bond acceptors (Lipinski definition) is 13. The molecule has 0 aromatic rings. The van der Waals surface area contributed by atoms with Gasteiger partial charge in [-0.05, 0) is 0 Å². The van der Waals surface area contributed by atoms with Gasteiger partial charge in [0.1, 0.15) is 55.4 Å². The molecule has 2 rings (SSSR count). The molecule has 28 heavy (non-hydrogen) atoms. The molecule has 10 N–H and O–H groups in total. The summed E-state index contributed by atoms with van der Waals surface area (Å²) < 4.78 is 15.9. The molecule has 2 saturated heterocycles. The van der Waals surface area contributed by atoms with Crippen LogP contribution in [0.4, 0.5) is 0 Å². The van der Waals surface area contributed by atoms with E-state index in [1.807, 2.05) is 0 Å². The second kappa shape index (κ2) is 10.1. The van der Waals surface area contributed by atoms with E-state index in [9.17, 15) is 40.5 Å². The molecule has 5 unspecified atom stereocenters. The second-order valence-corrected chi connectivity index (χ2v) is 6.44. The summed E-state index contributed by atoms with van der Waals surface area (Å²) in [7, 11) is 0. The highest BCUT2D eigenvalue weighted by atomic mass is 16.7. The Hall–Kier alpha value is -1.01. The van der Waals surface area contributed by atoms with Crippen molar-refractivity contribution in [3.05, 3.63) is 0 Å². The summed E-state index contributed by atoms with van der Waals surface area (Å²) in [5.41, 5.74) is 0. The van der Waals surface area contributed by atoms with Gasteiger partial charge in [-0.15, -0.1) is 0 Å². The van der Waals surface area contributed by atoms with Crippen molar-refractivity contribution in [2.75, 3.05) is 19.8 Å². The Morgan fingerprint density at radius 1 is 0.893 bits per heavy atom. The number of rotatable bonds is 7. The van der Waals surface area contributed by atoms with Gasteiger partial charge < -0.3 is 55.3 Å². The molecule has 0 saturated carbocycles. The number of hydrogen-bond donors (Lipinski definition) is 9. The minimum atomic E-state index is -1.76. The van der Waals surface area contributed by atoms with Crippen LogP contribution in [0.5, 0.6) is 0 Å². The number of carbonyl (C=O) groups is 1. The smallest absolute Gasteiger partial charge is 0.250 e. The van der Waals surface area contributed by atoms with Crippen molar-refractivity contribution in [2.24, 2.45) is 5.90 Å². The Bertz CT molecular complexity index is 509. The topological polar surface area (TPSA) is 234 Å². The Morgan fingerprint density at radius 3 is 2.11 bits per heavy atom. The normalized spacial score (nSPS) is 44.3. The van der Waals surface area contributed by atoms with Crippen LogP contribution < -0.4 is 11.2 Å². The van der Waals surface area contributed by atoms with Gasteiger partial charge in [0, 0.05) is 0 Å². The van der Waals surface area contributed by atoms with E-state index in [1.54, 1.807) is 0 Å². The Morgan fingerprint density at radius 2 is 1.54 bits per heavy atom. The monoisotopic (exact) mass is 414 g/mol. The van der Waals surface area contributed by atoms with Crippen LogP contribution in [-0.4, -0.2) is 123 Å². The fourth-order valence-corrected chi connectivity index (χ4v) is 2.98. The van der Waals surface area contributed by atoms with E-state index in [-0.39, 0.29) is 0 Å². The van der Waals surface area contributed by atoms with E-state index in [1.165, 1.54) is 0 Å². The largest absolute Gasteiger partial charge is 0.394 e. The maximum atomic E-state index is 11.5. The molecule has 2 aliphatic rings. The fourth-order valence-electron chi connectivity index (χ4n) is 2.98. The number of ether oxygens (including phenoxy) is 3. The summed E-state index contributed by atoms with van der Waals surface area (Å²) in [5, 5.41) is 71.0. The predicted octanol–water partition coefficient (Wildman–Crippen LogP) is -6.38. The molecule has 0 aliphatic carbocycles. The quantitative estimate of drug-likeness (QED) is 0.177. The Kier molecular flexibility index (Phi) is 8.44. The van der Waals surface area contributed by atoms with Gasteiger partial charge in [0.05, 0.1) is 13.2 Å². The standard InChI is InChI=1S/C14H26N2O12/c15-25-3-6(19)16-13-10(23)9(22)12(5(2-18)26-13)28-14-11(24)8(21)7(20)4(1-17)27-14/h4-5,7-14,17-18,20-24H,1-3,15H2,(H,16,19)/t4?,5?,7-,8?,9?,10?,11-,12+,13+,14-/m0/s1. The molecule has 164 valence electrons. The molecular formula is C14H26N2O12. The van der Waals surface area contributed by atoms with Gasteiger partial charge in [0.25, 0.3) is 0 Å². The third-order valence-corrected chi connectivity index (χ3v) is 4.52. The summed E-state index contributed by atoms with van der Waals surface area (Å²) in [4.78, 5) is 15.7. The van der Waals surface area contributed by atoms with Crippen molar-refractivity contribution in [3.63, 3.8) is 0 Å². The minimum Gasteiger partial charge on any atom is -0.394 e. The highest BCUT2D eigenvalue weighted by Gasteiger charge is 2.50. The molecule has 0 aromatic heterocycles. The highest BCUT2D eigenvalue weighted by molar-refractivity contribution is 5.77. The molecule has 10 atom stereocenters. The molecule has 0 aromatic carbocycles. The molecule has 0 radical (unpaired) electrons. The first-order valence-corrected chi connectivity index (χ1v) is 8.44. The lowest BCUT2D eigenvalue weighted by molar-refractivity contribution is -0.343. The first-order valence-electron chi connectivity index (χ1n) is 8.44. The van der Waals surface area contributed by atoms with Gasteiger partial charge >= 0.3 is 0 Å². The number of nitrogens with one attached hydrogen (secondary N) is 1. The maximum Gasteiger partial charge on any atom is 0.250 e. The summed E-state index contributed by atoms with van der Waals surface area (Å²) in [5.74, 6) is 4.01. The van der Waals surface area contributed by atoms with Crippen molar-refractivity contribution >= 4 is 5.91 Å². The third-order valence-electron chi connectivity index (χ3n) is 4.52. The summed E-state index contributed by atoms with van der Waals surface area (Å²) in [6, 6.07) is 0.